The second kappa shape index (κ2) is 5.10. The molecule has 1 heterocycles. The van der Waals surface area contributed by atoms with Gasteiger partial charge in [0, 0.05) is 19.4 Å². The van der Waals surface area contributed by atoms with Crippen LogP contribution in [0.15, 0.2) is 36.7 Å². The summed E-state index contributed by atoms with van der Waals surface area (Å²) in [5.41, 5.74) is 0.626. The topological polar surface area (TPSA) is 64.0 Å². The summed E-state index contributed by atoms with van der Waals surface area (Å²) in [7, 11) is -1.65. The molecule has 0 aliphatic carbocycles. The molecule has 0 saturated carbocycles. The molecule has 0 aliphatic rings. The van der Waals surface area contributed by atoms with Crippen LogP contribution < -0.4 is 4.72 Å². The second-order valence-corrected chi connectivity index (χ2v) is 6.05. The minimum Gasteiger partial charge on any atom is -0.336 e. The van der Waals surface area contributed by atoms with Gasteiger partial charge < -0.3 is 4.57 Å². The second-order valence-electron chi connectivity index (χ2n) is 4.27. The molecule has 19 heavy (non-hydrogen) atoms. The number of aryl methyl sites for hydroxylation is 1. The molecular formula is C12H14FN3O2S. The van der Waals surface area contributed by atoms with Crippen molar-refractivity contribution in [2.24, 2.45) is 7.05 Å². The molecule has 1 atom stereocenters. The summed E-state index contributed by atoms with van der Waals surface area (Å²) in [4.78, 5) is 4.14. The van der Waals surface area contributed by atoms with Crippen LogP contribution in [-0.2, 0) is 17.1 Å². The van der Waals surface area contributed by atoms with Gasteiger partial charge in [-0.05, 0) is 17.7 Å². The first-order valence-electron chi connectivity index (χ1n) is 5.57. The highest BCUT2D eigenvalue weighted by molar-refractivity contribution is 7.88. The molecule has 1 N–H and O–H groups in total. The van der Waals surface area contributed by atoms with Crippen molar-refractivity contribution < 1.29 is 12.8 Å². The third-order valence-electron chi connectivity index (χ3n) is 2.65. The third-order valence-corrected chi connectivity index (χ3v) is 3.32. The Morgan fingerprint density at radius 3 is 2.42 bits per heavy atom. The fourth-order valence-corrected chi connectivity index (χ4v) is 2.46. The molecule has 0 aliphatic heterocycles. The van der Waals surface area contributed by atoms with E-state index in [1.165, 1.54) is 24.3 Å². The van der Waals surface area contributed by atoms with E-state index in [2.05, 4.69) is 9.71 Å². The van der Waals surface area contributed by atoms with Gasteiger partial charge in [-0.3, -0.25) is 0 Å². The van der Waals surface area contributed by atoms with Gasteiger partial charge in [0.25, 0.3) is 0 Å². The summed E-state index contributed by atoms with van der Waals surface area (Å²) in [6.07, 6.45) is 4.37. The van der Waals surface area contributed by atoms with Crippen molar-refractivity contribution in [2.45, 2.75) is 6.04 Å². The number of aromatic nitrogens is 2. The molecule has 0 bridgehead atoms. The first-order chi connectivity index (χ1) is 8.87. The summed E-state index contributed by atoms with van der Waals surface area (Å²) >= 11 is 0. The van der Waals surface area contributed by atoms with E-state index in [4.69, 9.17) is 0 Å². The van der Waals surface area contributed by atoms with Crippen molar-refractivity contribution in [2.75, 3.05) is 6.26 Å². The molecule has 102 valence electrons. The Bertz CT molecular complexity index is 665. The van der Waals surface area contributed by atoms with Gasteiger partial charge in [-0.15, -0.1) is 0 Å². The Balaban J connectivity index is 2.46. The molecule has 0 amide bonds. The number of hydrogen-bond donors (Lipinski definition) is 1. The van der Waals surface area contributed by atoms with Crippen LogP contribution in [0, 0.1) is 5.82 Å². The Hall–Kier alpha value is -1.73. The number of benzene rings is 1. The first kappa shape index (κ1) is 13.7. The SMILES string of the molecule is Cn1ccnc1C(NS(C)(=O)=O)c1ccc(F)cc1. The predicted octanol–water partition coefficient (Wildman–Crippen LogP) is 1.20. The van der Waals surface area contributed by atoms with Crippen LogP contribution in [0.2, 0.25) is 0 Å². The number of rotatable bonds is 4. The number of nitrogens with zero attached hydrogens (tertiary/aromatic N) is 2. The molecule has 5 nitrogen and oxygen atoms in total. The van der Waals surface area contributed by atoms with E-state index in [0.29, 0.717) is 11.4 Å². The lowest BCUT2D eigenvalue weighted by Crippen LogP contribution is -2.30. The minimum absolute atomic E-state index is 0.373. The summed E-state index contributed by atoms with van der Waals surface area (Å²) in [5, 5.41) is 0. The van der Waals surface area contributed by atoms with E-state index >= 15 is 0 Å². The Morgan fingerprint density at radius 2 is 1.95 bits per heavy atom. The third kappa shape index (κ3) is 3.39. The van der Waals surface area contributed by atoms with E-state index < -0.39 is 16.1 Å². The summed E-state index contributed by atoms with van der Waals surface area (Å²) in [5.74, 6) is 0.165. The van der Waals surface area contributed by atoms with Gasteiger partial charge in [-0.2, -0.15) is 0 Å². The Kier molecular flexibility index (Phi) is 3.68. The number of nitrogens with one attached hydrogen (secondary N) is 1. The maximum absolute atomic E-state index is 13.0. The quantitative estimate of drug-likeness (QED) is 0.917. The van der Waals surface area contributed by atoms with Crippen molar-refractivity contribution in [3.05, 3.63) is 53.9 Å². The first-order valence-corrected chi connectivity index (χ1v) is 7.46. The number of sulfonamides is 1. The van der Waals surface area contributed by atoms with Crippen LogP contribution in [0.25, 0.3) is 0 Å². The Labute approximate surface area is 111 Å². The zero-order chi connectivity index (χ0) is 14.0. The van der Waals surface area contributed by atoms with Crippen LogP contribution in [0.1, 0.15) is 17.4 Å². The monoisotopic (exact) mass is 283 g/mol. The van der Waals surface area contributed by atoms with E-state index in [1.807, 2.05) is 0 Å². The van der Waals surface area contributed by atoms with Crippen molar-refractivity contribution in [3.63, 3.8) is 0 Å². The Morgan fingerprint density at radius 1 is 1.32 bits per heavy atom. The van der Waals surface area contributed by atoms with Gasteiger partial charge in [0.15, 0.2) is 0 Å². The largest absolute Gasteiger partial charge is 0.336 e. The lowest BCUT2D eigenvalue weighted by atomic mass is 10.1. The lowest BCUT2D eigenvalue weighted by Gasteiger charge is -2.17. The number of imidazole rings is 1. The zero-order valence-electron chi connectivity index (χ0n) is 10.5. The maximum Gasteiger partial charge on any atom is 0.209 e. The van der Waals surface area contributed by atoms with Gasteiger partial charge >= 0.3 is 0 Å². The number of hydrogen-bond acceptors (Lipinski definition) is 3. The van der Waals surface area contributed by atoms with Crippen molar-refractivity contribution in [1.82, 2.24) is 14.3 Å². The summed E-state index contributed by atoms with van der Waals surface area (Å²) in [6.45, 7) is 0. The van der Waals surface area contributed by atoms with Gasteiger partial charge in [0.1, 0.15) is 17.7 Å². The highest BCUT2D eigenvalue weighted by Crippen LogP contribution is 2.21. The average molecular weight is 283 g/mol. The molecular weight excluding hydrogens is 269 g/mol. The fourth-order valence-electron chi connectivity index (χ4n) is 1.79. The van der Waals surface area contributed by atoms with Crippen molar-refractivity contribution in [1.29, 1.82) is 0 Å². The highest BCUT2D eigenvalue weighted by Gasteiger charge is 2.21. The standard InChI is InChI=1S/C12H14FN3O2S/c1-16-8-7-14-12(16)11(15-19(2,17)18)9-3-5-10(13)6-4-9/h3-8,11,15H,1-2H3. The molecule has 2 rings (SSSR count). The van der Waals surface area contributed by atoms with E-state index in [9.17, 15) is 12.8 Å². The molecule has 1 aromatic carbocycles. The van der Waals surface area contributed by atoms with Crippen LogP contribution >= 0.6 is 0 Å². The van der Waals surface area contributed by atoms with Crippen LogP contribution in [0.3, 0.4) is 0 Å². The van der Waals surface area contributed by atoms with Crippen molar-refractivity contribution in [3.8, 4) is 0 Å². The molecule has 1 aromatic heterocycles. The smallest absolute Gasteiger partial charge is 0.209 e. The number of halogens is 1. The zero-order valence-corrected chi connectivity index (χ0v) is 11.4. The van der Waals surface area contributed by atoms with Gasteiger partial charge in [-0.1, -0.05) is 12.1 Å². The molecule has 7 heteroatoms. The minimum atomic E-state index is -3.42. The molecule has 1 unspecified atom stereocenters. The van der Waals surface area contributed by atoms with E-state index in [-0.39, 0.29) is 5.82 Å². The van der Waals surface area contributed by atoms with Gasteiger partial charge in [-0.25, -0.2) is 22.5 Å². The van der Waals surface area contributed by atoms with Gasteiger partial charge in [0.05, 0.1) is 6.26 Å². The van der Waals surface area contributed by atoms with Gasteiger partial charge in [0.2, 0.25) is 10.0 Å². The summed E-state index contributed by atoms with van der Waals surface area (Å²) < 4.78 is 40.1. The summed E-state index contributed by atoms with van der Waals surface area (Å²) in [6, 6.07) is 5.00. The van der Waals surface area contributed by atoms with Crippen LogP contribution in [0.4, 0.5) is 4.39 Å². The normalized spacial score (nSPS) is 13.4. The molecule has 2 aromatic rings. The van der Waals surface area contributed by atoms with E-state index in [1.54, 1.807) is 24.0 Å². The van der Waals surface area contributed by atoms with Crippen LogP contribution in [-0.4, -0.2) is 24.2 Å². The van der Waals surface area contributed by atoms with E-state index in [0.717, 1.165) is 6.26 Å². The molecule has 0 spiro atoms. The lowest BCUT2D eigenvalue weighted by molar-refractivity contribution is 0.568. The maximum atomic E-state index is 13.0. The van der Waals surface area contributed by atoms with Crippen LogP contribution in [0.5, 0.6) is 0 Å². The molecule has 0 fully saturated rings. The fraction of sp³-hybridized carbons (Fsp3) is 0.250. The molecule has 0 radical (unpaired) electrons. The average Bonchev–Trinajstić information content (AvgIpc) is 2.72. The molecule has 0 saturated heterocycles. The predicted molar refractivity (Wildman–Crippen MR) is 69.4 cm³/mol. The highest BCUT2D eigenvalue weighted by atomic mass is 32.2. The van der Waals surface area contributed by atoms with Crippen molar-refractivity contribution >= 4 is 10.0 Å².